The highest BCUT2D eigenvalue weighted by Crippen LogP contribution is 2.34. The zero-order valence-electron chi connectivity index (χ0n) is 15.9. The van der Waals surface area contributed by atoms with Gasteiger partial charge in [0.15, 0.2) is 0 Å². The predicted octanol–water partition coefficient (Wildman–Crippen LogP) is 4.85. The smallest absolute Gasteiger partial charge is 0.294 e. The van der Waals surface area contributed by atoms with Gasteiger partial charge < -0.3 is 5.32 Å². The average molecular weight is 400 g/mol. The number of allylic oxidation sites excluding steroid dienone is 1. The second-order valence-electron chi connectivity index (χ2n) is 6.58. The second-order valence-corrected chi connectivity index (χ2v) is 6.58. The Balaban J connectivity index is 1.87. The van der Waals surface area contributed by atoms with E-state index in [1.807, 2.05) is 0 Å². The maximum absolute atomic E-state index is 14.7. The lowest BCUT2D eigenvalue weighted by Crippen LogP contribution is -2.13. The van der Waals surface area contributed by atoms with E-state index in [0.717, 1.165) is 18.2 Å². The van der Waals surface area contributed by atoms with Crippen molar-refractivity contribution in [1.82, 2.24) is 14.8 Å². The van der Waals surface area contributed by atoms with Crippen LogP contribution >= 0.6 is 0 Å². The first-order chi connectivity index (χ1) is 13.7. The van der Waals surface area contributed by atoms with Crippen LogP contribution in [0.15, 0.2) is 55.4 Å². The van der Waals surface area contributed by atoms with E-state index in [0.29, 0.717) is 11.1 Å². The fourth-order valence-corrected chi connectivity index (χ4v) is 2.91. The minimum Gasteiger partial charge on any atom is -0.322 e. The molecule has 0 aliphatic carbocycles. The van der Waals surface area contributed by atoms with Crippen LogP contribution in [-0.2, 0) is 13.0 Å². The SMILES string of the molecule is C=CCC(F)(F)c1cc(-c2ccc(NC(=O)c3ccncc3C)cc2F)n(C)n1. The van der Waals surface area contributed by atoms with Crippen molar-refractivity contribution in [1.29, 1.82) is 0 Å². The molecule has 2 aromatic heterocycles. The Labute approximate surface area is 165 Å². The van der Waals surface area contributed by atoms with Crippen molar-refractivity contribution >= 4 is 11.6 Å². The molecule has 29 heavy (non-hydrogen) atoms. The number of amides is 1. The number of anilines is 1. The number of rotatable bonds is 6. The number of halogens is 3. The van der Waals surface area contributed by atoms with Crippen molar-refractivity contribution < 1.29 is 18.0 Å². The molecule has 3 rings (SSSR count). The monoisotopic (exact) mass is 400 g/mol. The molecule has 0 saturated carbocycles. The average Bonchev–Trinajstić information content (AvgIpc) is 3.04. The van der Waals surface area contributed by atoms with E-state index in [1.54, 1.807) is 19.2 Å². The van der Waals surface area contributed by atoms with Gasteiger partial charge in [0.25, 0.3) is 11.8 Å². The number of aromatic nitrogens is 3. The molecular formula is C21H19F3N4O. The zero-order valence-corrected chi connectivity index (χ0v) is 15.9. The highest BCUT2D eigenvalue weighted by molar-refractivity contribution is 6.05. The number of aryl methyl sites for hydroxylation is 2. The highest BCUT2D eigenvalue weighted by Gasteiger charge is 2.34. The van der Waals surface area contributed by atoms with E-state index in [1.165, 1.54) is 30.1 Å². The van der Waals surface area contributed by atoms with Crippen LogP contribution in [0.5, 0.6) is 0 Å². The number of nitrogens with one attached hydrogen (secondary N) is 1. The minimum atomic E-state index is -3.19. The zero-order chi connectivity index (χ0) is 21.2. The Morgan fingerprint density at radius 3 is 2.72 bits per heavy atom. The van der Waals surface area contributed by atoms with Crippen molar-refractivity contribution in [3.8, 4) is 11.3 Å². The van der Waals surface area contributed by atoms with Crippen molar-refractivity contribution in [3.63, 3.8) is 0 Å². The van der Waals surface area contributed by atoms with Crippen LogP contribution in [0.25, 0.3) is 11.3 Å². The Bertz CT molecular complexity index is 1080. The Morgan fingerprint density at radius 2 is 2.07 bits per heavy atom. The number of hydrogen-bond donors (Lipinski definition) is 1. The van der Waals surface area contributed by atoms with Crippen molar-refractivity contribution in [2.75, 3.05) is 5.32 Å². The van der Waals surface area contributed by atoms with E-state index in [-0.39, 0.29) is 16.9 Å². The topological polar surface area (TPSA) is 59.8 Å². The quantitative estimate of drug-likeness (QED) is 0.602. The first-order valence-electron chi connectivity index (χ1n) is 8.78. The Morgan fingerprint density at radius 1 is 1.31 bits per heavy atom. The normalized spacial score (nSPS) is 11.3. The first kappa shape index (κ1) is 20.3. The highest BCUT2D eigenvalue weighted by atomic mass is 19.3. The largest absolute Gasteiger partial charge is 0.322 e. The van der Waals surface area contributed by atoms with Gasteiger partial charge in [-0.1, -0.05) is 6.08 Å². The number of hydrogen-bond acceptors (Lipinski definition) is 3. The molecule has 8 heteroatoms. The molecule has 3 aromatic rings. The second kappa shape index (κ2) is 7.90. The number of benzene rings is 1. The van der Waals surface area contributed by atoms with E-state index < -0.39 is 29.8 Å². The van der Waals surface area contributed by atoms with Gasteiger partial charge >= 0.3 is 0 Å². The lowest BCUT2D eigenvalue weighted by Gasteiger charge is -2.10. The molecule has 0 unspecified atom stereocenters. The summed E-state index contributed by atoms with van der Waals surface area (Å²) in [4.78, 5) is 16.3. The molecular weight excluding hydrogens is 381 g/mol. The minimum absolute atomic E-state index is 0.0961. The molecule has 0 atom stereocenters. The summed E-state index contributed by atoms with van der Waals surface area (Å²) in [6.07, 6.45) is 3.59. The molecule has 0 saturated heterocycles. The van der Waals surface area contributed by atoms with Gasteiger partial charge in [0.05, 0.1) is 5.69 Å². The lowest BCUT2D eigenvalue weighted by atomic mass is 10.1. The molecule has 0 spiro atoms. The fourth-order valence-electron chi connectivity index (χ4n) is 2.91. The van der Waals surface area contributed by atoms with Crippen LogP contribution in [0, 0.1) is 12.7 Å². The van der Waals surface area contributed by atoms with E-state index in [9.17, 15) is 18.0 Å². The van der Waals surface area contributed by atoms with Crippen LogP contribution < -0.4 is 5.32 Å². The van der Waals surface area contributed by atoms with Crippen LogP contribution in [-0.4, -0.2) is 20.7 Å². The van der Waals surface area contributed by atoms with Crippen LogP contribution in [0.2, 0.25) is 0 Å². The standard InChI is InChI=1S/C21H19F3N4O/c1-4-8-21(23,24)19-11-18(28(3)27-19)16-6-5-14(10-17(16)22)26-20(29)15-7-9-25-12-13(15)2/h4-7,9-12H,1,8H2,2-3H3,(H,26,29). The number of pyridine rings is 1. The van der Waals surface area contributed by atoms with Gasteiger partial charge in [-0.15, -0.1) is 6.58 Å². The van der Waals surface area contributed by atoms with Gasteiger partial charge in [-0.3, -0.25) is 14.5 Å². The summed E-state index contributed by atoms with van der Waals surface area (Å²) in [7, 11) is 1.46. The Hall–Kier alpha value is -3.42. The molecule has 2 heterocycles. The molecule has 0 aliphatic rings. The van der Waals surface area contributed by atoms with Gasteiger partial charge in [0.1, 0.15) is 11.5 Å². The number of carbonyl (C=O) groups is 1. The summed E-state index contributed by atoms with van der Waals surface area (Å²) < 4.78 is 44.0. The van der Waals surface area contributed by atoms with Gasteiger partial charge in [0.2, 0.25) is 0 Å². The van der Waals surface area contributed by atoms with Gasteiger partial charge in [-0.2, -0.15) is 13.9 Å². The molecule has 1 amide bonds. The van der Waals surface area contributed by atoms with Gasteiger partial charge in [0, 0.05) is 42.7 Å². The molecule has 1 aromatic carbocycles. The third-order valence-electron chi connectivity index (χ3n) is 4.42. The predicted molar refractivity (Wildman–Crippen MR) is 104 cm³/mol. The number of carbonyl (C=O) groups excluding carboxylic acids is 1. The Kier molecular flexibility index (Phi) is 5.54. The van der Waals surface area contributed by atoms with Gasteiger partial charge in [-0.05, 0) is 42.8 Å². The molecule has 0 radical (unpaired) electrons. The molecule has 0 bridgehead atoms. The molecule has 150 valence electrons. The summed E-state index contributed by atoms with van der Waals surface area (Å²) in [5.41, 5.74) is 1.18. The molecule has 0 aliphatic heterocycles. The molecule has 5 nitrogen and oxygen atoms in total. The summed E-state index contributed by atoms with van der Waals surface area (Å²) >= 11 is 0. The maximum Gasteiger partial charge on any atom is 0.294 e. The third kappa shape index (κ3) is 4.21. The van der Waals surface area contributed by atoms with Crippen LogP contribution in [0.4, 0.5) is 18.9 Å². The van der Waals surface area contributed by atoms with Crippen molar-refractivity contribution in [2.45, 2.75) is 19.3 Å². The summed E-state index contributed by atoms with van der Waals surface area (Å²) in [6, 6.07) is 6.77. The number of alkyl halides is 2. The van der Waals surface area contributed by atoms with Crippen molar-refractivity contribution in [2.24, 2.45) is 7.05 Å². The summed E-state index contributed by atoms with van der Waals surface area (Å²) in [5.74, 6) is -4.26. The lowest BCUT2D eigenvalue weighted by molar-refractivity contribution is -0.00592. The van der Waals surface area contributed by atoms with Crippen LogP contribution in [0.1, 0.15) is 28.0 Å². The first-order valence-corrected chi connectivity index (χ1v) is 8.78. The van der Waals surface area contributed by atoms with Crippen molar-refractivity contribution in [3.05, 3.63) is 78.0 Å². The van der Waals surface area contributed by atoms with Gasteiger partial charge in [-0.25, -0.2) is 4.39 Å². The van der Waals surface area contributed by atoms with Crippen LogP contribution in [0.3, 0.4) is 0 Å². The third-order valence-corrected chi connectivity index (χ3v) is 4.42. The van der Waals surface area contributed by atoms with E-state index in [2.05, 4.69) is 22.0 Å². The molecule has 0 fully saturated rings. The summed E-state index contributed by atoms with van der Waals surface area (Å²) in [5, 5.41) is 6.43. The number of nitrogens with zero attached hydrogens (tertiary/aromatic N) is 3. The van der Waals surface area contributed by atoms with E-state index >= 15 is 0 Å². The molecule has 1 N–H and O–H groups in total. The fraction of sp³-hybridized carbons (Fsp3) is 0.190. The van der Waals surface area contributed by atoms with E-state index in [4.69, 9.17) is 0 Å². The summed E-state index contributed by atoms with van der Waals surface area (Å²) in [6.45, 7) is 5.06. The maximum atomic E-state index is 14.7.